The predicted octanol–water partition coefficient (Wildman–Crippen LogP) is 3.35. The summed E-state index contributed by atoms with van der Waals surface area (Å²) in [6.45, 7) is 2.65. The highest BCUT2D eigenvalue weighted by Crippen LogP contribution is 2.26. The molecular formula is C18H17ClFN3O3. The number of nitro benzene ring substituents is 1. The van der Waals surface area contributed by atoms with Gasteiger partial charge in [0.2, 0.25) is 0 Å². The van der Waals surface area contributed by atoms with E-state index in [9.17, 15) is 19.3 Å². The molecule has 0 aromatic heterocycles. The highest BCUT2D eigenvalue weighted by Gasteiger charge is 2.24. The lowest BCUT2D eigenvalue weighted by Gasteiger charge is -2.34. The number of amides is 1. The molecule has 0 saturated carbocycles. The van der Waals surface area contributed by atoms with Gasteiger partial charge >= 0.3 is 0 Å². The van der Waals surface area contributed by atoms with Crippen LogP contribution in [0.15, 0.2) is 42.5 Å². The number of nitro groups is 1. The van der Waals surface area contributed by atoms with Gasteiger partial charge in [-0.05, 0) is 18.2 Å². The Morgan fingerprint density at radius 1 is 1.15 bits per heavy atom. The van der Waals surface area contributed by atoms with E-state index in [2.05, 4.69) is 4.90 Å². The second-order valence-corrected chi connectivity index (χ2v) is 6.49. The molecule has 0 radical (unpaired) electrons. The lowest BCUT2D eigenvalue weighted by Crippen LogP contribution is -2.48. The molecule has 2 aromatic rings. The summed E-state index contributed by atoms with van der Waals surface area (Å²) in [5, 5.41) is 11.0. The van der Waals surface area contributed by atoms with Crippen molar-refractivity contribution in [3.05, 3.63) is 74.5 Å². The number of carbonyl (C=O) groups excluding carboxylic acids is 1. The van der Waals surface area contributed by atoms with E-state index < -0.39 is 4.92 Å². The van der Waals surface area contributed by atoms with Gasteiger partial charge < -0.3 is 4.90 Å². The largest absolute Gasteiger partial charge is 0.336 e. The van der Waals surface area contributed by atoms with Gasteiger partial charge in [0.1, 0.15) is 10.8 Å². The van der Waals surface area contributed by atoms with Gasteiger partial charge in [-0.25, -0.2) is 4.39 Å². The van der Waals surface area contributed by atoms with Crippen molar-refractivity contribution in [3.63, 3.8) is 0 Å². The predicted molar refractivity (Wildman–Crippen MR) is 95.7 cm³/mol. The summed E-state index contributed by atoms with van der Waals surface area (Å²) < 4.78 is 13.7. The molecule has 1 saturated heterocycles. The summed E-state index contributed by atoms with van der Waals surface area (Å²) in [4.78, 5) is 26.7. The third-order valence-corrected chi connectivity index (χ3v) is 4.72. The van der Waals surface area contributed by atoms with Gasteiger partial charge in [0.25, 0.3) is 11.6 Å². The fourth-order valence-electron chi connectivity index (χ4n) is 2.94. The van der Waals surface area contributed by atoms with Crippen LogP contribution in [0.2, 0.25) is 5.02 Å². The Kier molecular flexibility index (Phi) is 5.49. The normalized spacial score (nSPS) is 15.1. The summed E-state index contributed by atoms with van der Waals surface area (Å²) in [6.07, 6.45) is 0. The van der Waals surface area contributed by atoms with Gasteiger partial charge in [-0.2, -0.15) is 0 Å². The zero-order chi connectivity index (χ0) is 18.7. The number of halogens is 2. The number of hydrogen-bond donors (Lipinski definition) is 0. The van der Waals surface area contributed by atoms with E-state index in [1.54, 1.807) is 23.1 Å². The Hall–Kier alpha value is -2.51. The van der Waals surface area contributed by atoms with E-state index in [1.807, 2.05) is 0 Å². The van der Waals surface area contributed by atoms with Gasteiger partial charge in [0.15, 0.2) is 0 Å². The Bertz CT molecular complexity index is 838. The zero-order valence-electron chi connectivity index (χ0n) is 13.9. The summed E-state index contributed by atoms with van der Waals surface area (Å²) in [5.74, 6) is -0.505. The Labute approximate surface area is 154 Å². The fourth-order valence-corrected chi connectivity index (χ4v) is 3.13. The van der Waals surface area contributed by atoms with Gasteiger partial charge in [0, 0.05) is 49.9 Å². The Balaban J connectivity index is 1.63. The average molecular weight is 378 g/mol. The second-order valence-electron chi connectivity index (χ2n) is 6.08. The van der Waals surface area contributed by atoms with Crippen LogP contribution in [0.4, 0.5) is 10.1 Å². The molecule has 3 rings (SSSR count). The molecule has 8 heteroatoms. The van der Waals surface area contributed by atoms with Crippen LogP contribution in [0, 0.1) is 15.9 Å². The van der Waals surface area contributed by atoms with Crippen molar-refractivity contribution in [2.24, 2.45) is 0 Å². The van der Waals surface area contributed by atoms with Crippen molar-refractivity contribution >= 4 is 23.2 Å². The first kappa shape index (κ1) is 18.3. The topological polar surface area (TPSA) is 66.7 Å². The van der Waals surface area contributed by atoms with E-state index in [4.69, 9.17) is 11.6 Å². The number of piperazine rings is 1. The minimum Gasteiger partial charge on any atom is -0.336 e. The molecule has 1 heterocycles. The summed E-state index contributed by atoms with van der Waals surface area (Å²) in [6, 6.07) is 10.7. The Morgan fingerprint density at radius 3 is 2.50 bits per heavy atom. The van der Waals surface area contributed by atoms with Crippen molar-refractivity contribution in [1.29, 1.82) is 0 Å². The molecule has 136 valence electrons. The van der Waals surface area contributed by atoms with E-state index in [-0.39, 0.29) is 28.0 Å². The van der Waals surface area contributed by atoms with Crippen LogP contribution in [-0.4, -0.2) is 46.8 Å². The molecule has 0 bridgehead atoms. The Morgan fingerprint density at radius 2 is 1.85 bits per heavy atom. The van der Waals surface area contributed by atoms with Crippen molar-refractivity contribution in [3.8, 4) is 0 Å². The molecule has 1 aliphatic heterocycles. The van der Waals surface area contributed by atoms with Crippen LogP contribution >= 0.6 is 11.6 Å². The molecule has 0 N–H and O–H groups in total. The van der Waals surface area contributed by atoms with Crippen molar-refractivity contribution < 1.29 is 14.1 Å². The monoisotopic (exact) mass is 377 g/mol. The standard InChI is InChI=1S/C18H17ClFN3O3/c19-15-6-5-13(11-17(15)23(25)26)18(24)22-9-7-21(8-10-22)12-14-3-1-2-4-16(14)20/h1-6,11H,7-10,12H2. The molecule has 0 spiro atoms. The van der Waals surface area contributed by atoms with Gasteiger partial charge in [0.05, 0.1) is 4.92 Å². The van der Waals surface area contributed by atoms with Crippen LogP contribution in [0.3, 0.4) is 0 Å². The lowest BCUT2D eigenvalue weighted by molar-refractivity contribution is -0.384. The number of nitrogens with zero attached hydrogens (tertiary/aromatic N) is 3. The summed E-state index contributed by atoms with van der Waals surface area (Å²) in [7, 11) is 0. The number of rotatable bonds is 4. The smallest absolute Gasteiger partial charge is 0.288 e. The second kappa shape index (κ2) is 7.80. The van der Waals surface area contributed by atoms with Crippen LogP contribution in [0.5, 0.6) is 0 Å². The first-order chi connectivity index (χ1) is 12.5. The molecule has 1 fully saturated rings. The molecular weight excluding hydrogens is 361 g/mol. The van der Waals surface area contributed by atoms with Gasteiger partial charge in [-0.3, -0.25) is 19.8 Å². The van der Waals surface area contributed by atoms with E-state index in [1.165, 1.54) is 24.3 Å². The molecule has 0 aliphatic carbocycles. The minimum atomic E-state index is -0.606. The van der Waals surface area contributed by atoms with Crippen molar-refractivity contribution in [2.75, 3.05) is 26.2 Å². The third-order valence-electron chi connectivity index (χ3n) is 4.40. The van der Waals surface area contributed by atoms with Crippen LogP contribution in [-0.2, 0) is 6.54 Å². The van der Waals surface area contributed by atoms with Gasteiger partial charge in [-0.15, -0.1) is 0 Å². The van der Waals surface area contributed by atoms with Crippen molar-refractivity contribution in [1.82, 2.24) is 9.80 Å². The van der Waals surface area contributed by atoms with E-state index in [0.717, 1.165) is 0 Å². The SMILES string of the molecule is O=C(c1ccc(Cl)c([N+](=O)[O-])c1)N1CCN(Cc2ccccc2F)CC1. The molecule has 2 aromatic carbocycles. The summed E-state index contributed by atoms with van der Waals surface area (Å²) >= 11 is 5.79. The molecule has 0 unspecified atom stereocenters. The highest BCUT2D eigenvalue weighted by molar-refractivity contribution is 6.32. The van der Waals surface area contributed by atoms with E-state index in [0.29, 0.717) is 38.3 Å². The highest BCUT2D eigenvalue weighted by atomic mass is 35.5. The van der Waals surface area contributed by atoms with Crippen LogP contribution in [0.25, 0.3) is 0 Å². The fraction of sp³-hybridized carbons (Fsp3) is 0.278. The maximum Gasteiger partial charge on any atom is 0.288 e. The van der Waals surface area contributed by atoms with Crippen LogP contribution < -0.4 is 0 Å². The van der Waals surface area contributed by atoms with E-state index >= 15 is 0 Å². The maximum atomic E-state index is 13.7. The molecule has 26 heavy (non-hydrogen) atoms. The van der Waals surface area contributed by atoms with Crippen LogP contribution in [0.1, 0.15) is 15.9 Å². The third kappa shape index (κ3) is 4.00. The van der Waals surface area contributed by atoms with Gasteiger partial charge in [-0.1, -0.05) is 29.8 Å². The number of carbonyl (C=O) groups is 1. The molecule has 6 nitrogen and oxygen atoms in total. The first-order valence-electron chi connectivity index (χ1n) is 8.14. The van der Waals surface area contributed by atoms with Crippen molar-refractivity contribution in [2.45, 2.75) is 6.54 Å². The lowest BCUT2D eigenvalue weighted by atomic mass is 10.1. The molecule has 0 atom stereocenters. The summed E-state index contributed by atoms with van der Waals surface area (Å²) in [5.41, 5.74) is 0.583. The average Bonchev–Trinajstić information content (AvgIpc) is 2.64. The molecule has 1 amide bonds. The number of hydrogen-bond acceptors (Lipinski definition) is 4. The molecule has 1 aliphatic rings. The first-order valence-corrected chi connectivity index (χ1v) is 8.52. The quantitative estimate of drug-likeness (QED) is 0.605. The zero-order valence-corrected chi connectivity index (χ0v) is 14.7. The number of benzene rings is 2. The minimum absolute atomic E-state index is 0.00116. The maximum absolute atomic E-state index is 13.7.